The SMILES string of the molecule is CN(C)CCOc1ccc(NCCc2ccc(Cl)cc2)cc1. The Morgan fingerprint density at radius 2 is 1.68 bits per heavy atom. The molecule has 0 atom stereocenters. The Hall–Kier alpha value is -1.71. The zero-order valence-corrected chi connectivity index (χ0v) is 13.9. The summed E-state index contributed by atoms with van der Waals surface area (Å²) in [6.45, 7) is 2.51. The van der Waals surface area contributed by atoms with Gasteiger partial charge in [-0.05, 0) is 62.5 Å². The van der Waals surface area contributed by atoms with E-state index in [0.717, 1.165) is 36.0 Å². The van der Waals surface area contributed by atoms with Crippen LogP contribution in [0.1, 0.15) is 5.56 Å². The molecule has 0 amide bonds. The van der Waals surface area contributed by atoms with E-state index in [1.807, 2.05) is 50.5 Å². The van der Waals surface area contributed by atoms with Crippen molar-refractivity contribution in [2.75, 3.05) is 39.1 Å². The molecular formula is C18H23ClN2O. The first-order valence-corrected chi connectivity index (χ1v) is 7.87. The molecule has 0 saturated heterocycles. The van der Waals surface area contributed by atoms with Crippen LogP contribution in [0.15, 0.2) is 48.5 Å². The standard InChI is InChI=1S/C18H23ClN2O/c1-21(2)13-14-22-18-9-7-17(8-10-18)20-12-11-15-3-5-16(19)6-4-15/h3-10,20H,11-14H2,1-2H3. The second-order valence-electron chi connectivity index (χ2n) is 5.48. The van der Waals surface area contributed by atoms with Crippen LogP contribution >= 0.6 is 11.6 Å². The summed E-state index contributed by atoms with van der Waals surface area (Å²) >= 11 is 5.88. The molecule has 0 spiro atoms. The quantitative estimate of drug-likeness (QED) is 0.798. The molecule has 0 aliphatic rings. The minimum absolute atomic E-state index is 0.705. The number of nitrogens with one attached hydrogen (secondary N) is 1. The Bertz CT molecular complexity index is 552. The van der Waals surface area contributed by atoms with Gasteiger partial charge in [0.05, 0.1) is 0 Å². The highest BCUT2D eigenvalue weighted by molar-refractivity contribution is 6.30. The molecule has 3 nitrogen and oxygen atoms in total. The predicted octanol–water partition coefficient (Wildman–Crippen LogP) is 3.94. The molecule has 118 valence electrons. The maximum Gasteiger partial charge on any atom is 0.119 e. The Kier molecular flexibility index (Phi) is 6.56. The fourth-order valence-electron chi connectivity index (χ4n) is 2.02. The van der Waals surface area contributed by atoms with E-state index in [1.54, 1.807) is 0 Å². The van der Waals surface area contributed by atoms with Crippen molar-refractivity contribution in [2.45, 2.75) is 6.42 Å². The van der Waals surface area contributed by atoms with Crippen molar-refractivity contribution >= 4 is 17.3 Å². The van der Waals surface area contributed by atoms with E-state index in [2.05, 4.69) is 22.3 Å². The summed E-state index contributed by atoms with van der Waals surface area (Å²) < 4.78 is 5.67. The molecule has 0 aliphatic carbocycles. The van der Waals surface area contributed by atoms with Crippen molar-refractivity contribution in [1.82, 2.24) is 4.90 Å². The third kappa shape index (κ3) is 5.96. The van der Waals surface area contributed by atoms with Crippen LogP contribution in [0.5, 0.6) is 5.75 Å². The molecule has 0 radical (unpaired) electrons. The van der Waals surface area contributed by atoms with Gasteiger partial charge in [-0.25, -0.2) is 0 Å². The smallest absolute Gasteiger partial charge is 0.119 e. The summed E-state index contributed by atoms with van der Waals surface area (Å²) in [5.74, 6) is 0.908. The number of ether oxygens (including phenoxy) is 1. The molecule has 0 unspecified atom stereocenters. The topological polar surface area (TPSA) is 24.5 Å². The monoisotopic (exact) mass is 318 g/mol. The molecule has 0 heterocycles. The molecule has 1 N–H and O–H groups in total. The van der Waals surface area contributed by atoms with Crippen molar-refractivity contribution in [1.29, 1.82) is 0 Å². The summed E-state index contributed by atoms with van der Waals surface area (Å²) in [5, 5.41) is 4.19. The number of nitrogens with zero attached hydrogens (tertiary/aromatic N) is 1. The highest BCUT2D eigenvalue weighted by Crippen LogP contribution is 2.16. The van der Waals surface area contributed by atoms with Crippen molar-refractivity contribution < 1.29 is 4.74 Å². The van der Waals surface area contributed by atoms with Crippen LogP contribution in [-0.2, 0) is 6.42 Å². The fraction of sp³-hybridized carbons (Fsp3) is 0.333. The Labute approximate surface area is 137 Å². The van der Waals surface area contributed by atoms with Gasteiger partial charge in [0.1, 0.15) is 12.4 Å². The van der Waals surface area contributed by atoms with E-state index >= 15 is 0 Å². The number of rotatable bonds is 8. The van der Waals surface area contributed by atoms with E-state index in [9.17, 15) is 0 Å². The maximum absolute atomic E-state index is 5.88. The molecule has 4 heteroatoms. The average molecular weight is 319 g/mol. The Morgan fingerprint density at radius 3 is 2.32 bits per heavy atom. The summed E-state index contributed by atoms with van der Waals surface area (Å²) in [7, 11) is 4.08. The minimum Gasteiger partial charge on any atom is -0.492 e. The first kappa shape index (κ1) is 16.7. The molecule has 0 saturated carbocycles. The van der Waals surface area contributed by atoms with Gasteiger partial charge >= 0.3 is 0 Å². The normalized spacial score (nSPS) is 10.7. The third-order valence-corrected chi connectivity index (χ3v) is 3.57. The molecule has 0 aliphatic heterocycles. The van der Waals surface area contributed by atoms with Gasteiger partial charge in [0.2, 0.25) is 0 Å². The lowest BCUT2D eigenvalue weighted by atomic mass is 10.1. The van der Waals surface area contributed by atoms with E-state index in [0.29, 0.717) is 6.61 Å². The lowest BCUT2D eigenvalue weighted by Gasteiger charge is -2.12. The van der Waals surface area contributed by atoms with Crippen molar-refractivity contribution in [2.24, 2.45) is 0 Å². The van der Waals surface area contributed by atoms with Crippen LogP contribution in [-0.4, -0.2) is 38.7 Å². The van der Waals surface area contributed by atoms with Crippen molar-refractivity contribution in [3.8, 4) is 5.75 Å². The molecule has 0 aromatic heterocycles. The summed E-state index contributed by atoms with van der Waals surface area (Å²) in [4.78, 5) is 2.10. The number of anilines is 1. The number of benzene rings is 2. The number of halogens is 1. The van der Waals surface area contributed by atoms with Crippen LogP contribution < -0.4 is 10.1 Å². The van der Waals surface area contributed by atoms with Gasteiger partial charge in [0.15, 0.2) is 0 Å². The zero-order chi connectivity index (χ0) is 15.8. The second-order valence-corrected chi connectivity index (χ2v) is 5.92. The molecule has 2 rings (SSSR count). The third-order valence-electron chi connectivity index (χ3n) is 3.32. The molecular weight excluding hydrogens is 296 g/mol. The Balaban J connectivity index is 1.73. The molecule has 0 bridgehead atoms. The van der Waals surface area contributed by atoms with Crippen molar-refractivity contribution in [3.05, 3.63) is 59.1 Å². The van der Waals surface area contributed by atoms with Crippen LogP contribution in [0.2, 0.25) is 5.02 Å². The predicted molar refractivity (Wildman–Crippen MR) is 94.1 cm³/mol. The molecule has 0 fully saturated rings. The van der Waals surface area contributed by atoms with E-state index in [1.165, 1.54) is 5.56 Å². The first-order valence-electron chi connectivity index (χ1n) is 7.49. The van der Waals surface area contributed by atoms with Gasteiger partial charge in [-0.15, -0.1) is 0 Å². The van der Waals surface area contributed by atoms with Gasteiger partial charge in [-0.2, -0.15) is 0 Å². The fourth-order valence-corrected chi connectivity index (χ4v) is 2.14. The lowest BCUT2D eigenvalue weighted by molar-refractivity contribution is 0.261. The summed E-state index contributed by atoms with van der Waals surface area (Å²) in [6.07, 6.45) is 0.970. The lowest BCUT2D eigenvalue weighted by Crippen LogP contribution is -2.19. The van der Waals surface area contributed by atoms with E-state index in [4.69, 9.17) is 16.3 Å². The van der Waals surface area contributed by atoms with Gasteiger partial charge < -0.3 is 15.0 Å². The van der Waals surface area contributed by atoms with Crippen LogP contribution in [0.3, 0.4) is 0 Å². The second kappa shape index (κ2) is 8.66. The molecule has 2 aromatic carbocycles. The highest BCUT2D eigenvalue weighted by atomic mass is 35.5. The van der Waals surface area contributed by atoms with Crippen LogP contribution in [0, 0.1) is 0 Å². The van der Waals surface area contributed by atoms with Gasteiger partial charge in [0, 0.05) is 23.8 Å². The number of hydrogen-bond donors (Lipinski definition) is 1. The van der Waals surface area contributed by atoms with Crippen LogP contribution in [0.4, 0.5) is 5.69 Å². The highest BCUT2D eigenvalue weighted by Gasteiger charge is 1.97. The zero-order valence-electron chi connectivity index (χ0n) is 13.2. The largest absolute Gasteiger partial charge is 0.492 e. The summed E-state index contributed by atoms with van der Waals surface area (Å²) in [5.41, 5.74) is 2.38. The Morgan fingerprint density at radius 1 is 1.00 bits per heavy atom. The summed E-state index contributed by atoms with van der Waals surface area (Å²) in [6, 6.07) is 16.1. The van der Waals surface area contributed by atoms with Gasteiger partial charge in [-0.3, -0.25) is 0 Å². The number of hydrogen-bond acceptors (Lipinski definition) is 3. The first-order chi connectivity index (χ1) is 10.6. The maximum atomic E-state index is 5.88. The number of likely N-dealkylation sites (N-methyl/N-ethyl adjacent to an activating group) is 1. The van der Waals surface area contributed by atoms with E-state index in [-0.39, 0.29) is 0 Å². The van der Waals surface area contributed by atoms with Crippen LogP contribution in [0.25, 0.3) is 0 Å². The molecule has 2 aromatic rings. The average Bonchev–Trinajstić information content (AvgIpc) is 2.50. The minimum atomic E-state index is 0.705. The van der Waals surface area contributed by atoms with Gasteiger partial charge in [0.25, 0.3) is 0 Å². The van der Waals surface area contributed by atoms with E-state index < -0.39 is 0 Å². The molecule has 22 heavy (non-hydrogen) atoms. The van der Waals surface area contributed by atoms with Crippen molar-refractivity contribution in [3.63, 3.8) is 0 Å². The van der Waals surface area contributed by atoms with Gasteiger partial charge in [-0.1, -0.05) is 23.7 Å².